The first-order valence-electron chi connectivity index (χ1n) is 5.83. The maximum Gasteiger partial charge on any atom is 0.305 e. The van der Waals surface area contributed by atoms with Crippen LogP contribution in [0, 0.1) is 0 Å². The minimum atomic E-state index is -0.278. The van der Waals surface area contributed by atoms with E-state index in [0.29, 0.717) is 25.1 Å². The van der Waals surface area contributed by atoms with Crippen molar-refractivity contribution >= 4 is 27.8 Å². The lowest BCUT2D eigenvalue weighted by Gasteiger charge is -2.07. The molecule has 0 bridgehead atoms. The molecule has 0 heterocycles. The van der Waals surface area contributed by atoms with Crippen molar-refractivity contribution in [3.63, 3.8) is 0 Å². The Hall–Kier alpha value is -1.56. The Balaban J connectivity index is 2.16. The summed E-state index contributed by atoms with van der Waals surface area (Å²) >= 11 is 3.32. The first kappa shape index (κ1) is 15.5. The summed E-state index contributed by atoms with van der Waals surface area (Å²) in [5.74, 6) is 0.128. The van der Waals surface area contributed by atoms with E-state index in [0.717, 1.165) is 4.47 Å². The summed E-state index contributed by atoms with van der Waals surface area (Å²) < 4.78 is 10.7. The van der Waals surface area contributed by atoms with Gasteiger partial charge < -0.3 is 14.8 Å². The molecule has 0 spiro atoms. The van der Waals surface area contributed by atoms with Gasteiger partial charge in [0.2, 0.25) is 0 Å². The quantitative estimate of drug-likeness (QED) is 0.613. The van der Waals surface area contributed by atoms with Crippen LogP contribution in [0.1, 0.15) is 12.8 Å². The van der Waals surface area contributed by atoms with Gasteiger partial charge in [-0.3, -0.25) is 9.59 Å². The van der Waals surface area contributed by atoms with Crippen molar-refractivity contribution in [3.05, 3.63) is 28.7 Å². The Morgan fingerprint density at radius 3 is 2.84 bits per heavy atom. The Morgan fingerprint density at radius 1 is 1.37 bits per heavy atom. The Morgan fingerprint density at radius 2 is 2.16 bits per heavy atom. The predicted octanol–water partition coefficient (Wildman–Crippen LogP) is 1.90. The van der Waals surface area contributed by atoms with Gasteiger partial charge in [0.1, 0.15) is 5.75 Å². The normalized spacial score (nSPS) is 9.79. The van der Waals surface area contributed by atoms with Crippen LogP contribution in [0.25, 0.3) is 0 Å². The number of rotatable bonds is 7. The van der Waals surface area contributed by atoms with Crippen LogP contribution in [0.5, 0.6) is 5.75 Å². The number of methoxy groups -OCH3 is 1. The SMILES string of the molecule is COC(=O)CCCNC(=O)COc1cccc(Br)c1. The molecule has 0 saturated carbocycles. The zero-order valence-electron chi connectivity index (χ0n) is 10.6. The fourth-order valence-corrected chi connectivity index (χ4v) is 1.70. The highest BCUT2D eigenvalue weighted by Gasteiger charge is 2.04. The van der Waals surface area contributed by atoms with Gasteiger partial charge in [-0.2, -0.15) is 0 Å². The molecule has 1 rings (SSSR count). The van der Waals surface area contributed by atoms with Crippen LogP contribution in [-0.2, 0) is 14.3 Å². The molecule has 0 aliphatic heterocycles. The minimum Gasteiger partial charge on any atom is -0.484 e. The molecule has 1 amide bonds. The lowest BCUT2D eigenvalue weighted by atomic mass is 10.3. The van der Waals surface area contributed by atoms with Gasteiger partial charge >= 0.3 is 5.97 Å². The van der Waals surface area contributed by atoms with Crippen molar-refractivity contribution in [1.82, 2.24) is 5.32 Å². The highest BCUT2D eigenvalue weighted by Crippen LogP contribution is 2.17. The molecule has 0 atom stereocenters. The van der Waals surface area contributed by atoms with Crippen LogP contribution in [0.2, 0.25) is 0 Å². The van der Waals surface area contributed by atoms with E-state index in [1.165, 1.54) is 7.11 Å². The number of carbonyl (C=O) groups is 2. The van der Waals surface area contributed by atoms with Gasteiger partial charge in [-0.1, -0.05) is 22.0 Å². The third kappa shape index (κ3) is 6.81. The maximum atomic E-state index is 11.5. The van der Waals surface area contributed by atoms with Gasteiger partial charge in [-0.15, -0.1) is 0 Å². The van der Waals surface area contributed by atoms with Gasteiger partial charge in [0.05, 0.1) is 7.11 Å². The van der Waals surface area contributed by atoms with Gasteiger partial charge in [0.25, 0.3) is 5.91 Å². The number of benzene rings is 1. The number of esters is 1. The zero-order valence-corrected chi connectivity index (χ0v) is 12.2. The first-order valence-corrected chi connectivity index (χ1v) is 6.63. The largest absolute Gasteiger partial charge is 0.484 e. The lowest BCUT2D eigenvalue weighted by Crippen LogP contribution is -2.30. The van der Waals surface area contributed by atoms with E-state index in [-0.39, 0.29) is 18.5 Å². The van der Waals surface area contributed by atoms with Crippen molar-refractivity contribution in [1.29, 1.82) is 0 Å². The van der Waals surface area contributed by atoms with Crippen LogP contribution in [-0.4, -0.2) is 32.1 Å². The number of hydrogen-bond donors (Lipinski definition) is 1. The fraction of sp³-hybridized carbons (Fsp3) is 0.385. The lowest BCUT2D eigenvalue weighted by molar-refractivity contribution is -0.140. The van der Waals surface area contributed by atoms with Crippen LogP contribution in [0.4, 0.5) is 0 Å². The van der Waals surface area contributed by atoms with Crippen molar-refractivity contribution in [2.45, 2.75) is 12.8 Å². The van der Waals surface area contributed by atoms with E-state index in [2.05, 4.69) is 26.0 Å². The summed E-state index contributed by atoms with van der Waals surface area (Å²) in [4.78, 5) is 22.3. The molecule has 1 N–H and O–H groups in total. The van der Waals surface area contributed by atoms with E-state index in [1.54, 1.807) is 12.1 Å². The van der Waals surface area contributed by atoms with E-state index >= 15 is 0 Å². The molecule has 0 fully saturated rings. The molecule has 6 heteroatoms. The molecular weight excluding hydrogens is 314 g/mol. The molecule has 0 aliphatic carbocycles. The van der Waals surface area contributed by atoms with E-state index in [9.17, 15) is 9.59 Å². The number of ether oxygens (including phenoxy) is 2. The molecule has 0 unspecified atom stereocenters. The van der Waals surface area contributed by atoms with Crippen molar-refractivity contribution < 1.29 is 19.1 Å². The molecular formula is C13H16BrNO4. The monoisotopic (exact) mass is 329 g/mol. The van der Waals surface area contributed by atoms with Gasteiger partial charge in [-0.25, -0.2) is 0 Å². The van der Waals surface area contributed by atoms with Crippen molar-refractivity contribution in [2.75, 3.05) is 20.3 Å². The second-order valence-electron chi connectivity index (χ2n) is 3.78. The second kappa shape index (κ2) is 8.53. The number of hydrogen-bond acceptors (Lipinski definition) is 4. The van der Waals surface area contributed by atoms with Gasteiger partial charge in [-0.05, 0) is 24.6 Å². The Kier molecular flexibility index (Phi) is 6.95. The Labute approximate surface area is 120 Å². The predicted molar refractivity (Wildman–Crippen MR) is 73.9 cm³/mol. The van der Waals surface area contributed by atoms with Gasteiger partial charge in [0.15, 0.2) is 6.61 Å². The molecule has 5 nitrogen and oxygen atoms in total. The van der Waals surface area contributed by atoms with Gasteiger partial charge in [0, 0.05) is 17.4 Å². The highest BCUT2D eigenvalue weighted by molar-refractivity contribution is 9.10. The zero-order chi connectivity index (χ0) is 14.1. The van der Waals surface area contributed by atoms with E-state index < -0.39 is 0 Å². The average molecular weight is 330 g/mol. The standard InChI is InChI=1S/C13H16BrNO4/c1-18-13(17)6-3-7-15-12(16)9-19-11-5-2-4-10(14)8-11/h2,4-5,8H,3,6-7,9H2,1H3,(H,15,16). The number of nitrogens with one attached hydrogen (secondary N) is 1. The maximum absolute atomic E-state index is 11.5. The molecule has 0 aromatic heterocycles. The summed E-state index contributed by atoms with van der Waals surface area (Å²) in [6.45, 7) is 0.379. The summed E-state index contributed by atoms with van der Waals surface area (Å²) in [5.41, 5.74) is 0. The second-order valence-corrected chi connectivity index (χ2v) is 4.69. The fourth-order valence-electron chi connectivity index (χ4n) is 1.32. The molecule has 0 aliphatic rings. The molecule has 19 heavy (non-hydrogen) atoms. The first-order chi connectivity index (χ1) is 9.11. The summed E-state index contributed by atoms with van der Waals surface area (Å²) in [7, 11) is 1.34. The molecule has 0 saturated heterocycles. The number of halogens is 1. The highest BCUT2D eigenvalue weighted by atomic mass is 79.9. The van der Waals surface area contributed by atoms with Crippen LogP contribution in [0.15, 0.2) is 28.7 Å². The average Bonchev–Trinajstić information content (AvgIpc) is 2.41. The summed E-state index contributed by atoms with van der Waals surface area (Å²) in [6, 6.07) is 7.26. The smallest absolute Gasteiger partial charge is 0.305 e. The van der Waals surface area contributed by atoms with E-state index in [4.69, 9.17) is 4.74 Å². The summed E-state index contributed by atoms with van der Waals surface area (Å²) in [6.07, 6.45) is 0.846. The molecule has 104 valence electrons. The third-order valence-corrected chi connectivity index (χ3v) is 2.77. The van der Waals surface area contributed by atoms with Crippen LogP contribution >= 0.6 is 15.9 Å². The van der Waals surface area contributed by atoms with Crippen molar-refractivity contribution in [3.8, 4) is 5.75 Å². The molecule has 1 aromatic carbocycles. The van der Waals surface area contributed by atoms with Crippen molar-refractivity contribution in [2.24, 2.45) is 0 Å². The third-order valence-electron chi connectivity index (χ3n) is 2.27. The molecule has 0 radical (unpaired) electrons. The number of carbonyl (C=O) groups excluding carboxylic acids is 2. The minimum absolute atomic E-state index is 0.0469. The van der Waals surface area contributed by atoms with Crippen LogP contribution in [0.3, 0.4) is 0 Å². The van der Waals surface area contributed by atoms with E-state index in [1.807, 2.05) is 12.1 Å². The number of amides is 1. The Bertz CT molecular complexity index is 436. The topological polar surface area (TPSA) is 64.6 Å². The summed E-state index contributed by atoms with van der Waals surface area (Å²) in [5, 5.41) is 2.66. The molecule has 1 aromatic rings. The van der Waals surface area contributed by atoms with Crippen LogP contribution < -0.4 is 10.1 Å².